The van der Waals surface area contributed by atoms with Gasteiger partial charge in [0.25, 0.3) is 0 Å². The standard InChI is InChI=1S/C26H19BO8/c1-33-25(32)26-11-16-18(17(12-26)34-27(35-26)13-7-3-2-4-8-13)24(31)20-19(23(16)30)21(28)14-9-5-6-10-15(14)22(20)29/h2-10,17,30-31H,11-12H2,1H3/t17-,26-/m0/s1. The predicted molar refractivity (Wildman–Crippen MR) is 123 cm³/mol. The fourth-order valence-corrected chi connectivity index (χ4v) is 5.40. The van der Waals surface area contributed by atoms with Crippen molar-refractivity contribution in [3.8, 4) is 11.5 Å². The van der Waals surface area contributed by atoms with Crippen LogP contribution in [0.5, 0.6) is 11.5 Å². The number of aromatic hydroxyl groups is 2. The molecule has 2 aliphatic carbocycles. The van der Waals surface area contributed by atoms with Crippen LogP contribution in [-0.4, -0.2) is 47.6 Å². The van der Waals surface area contributed by atoms with Gasteiger partial charge in [-0.3, -0.25) is 9.59 Å². The highest BCUT2D eigenvalue weighted by Gasteiger charge is 2.57. The number of ether oxygens (including phenoxy) is 1. The number of methoxy groups -OCH3 is 1. The van der Waals surface area contributed by atoms with Gasteiger partial charge in [0, 0.05) is 35.1 Å². The first-order valence-corrected chi connectivity index (χ1v) is 11.1. The van der Waals surface area contributed by atoms with Crippen LogP contribution in [0.1, 0.15) is 55.5 Å². The molecule has 2 bridgehead atoms. The van der Waals surface area contributed by atoms with Gasteiger partial charge in [-0.15, -0.1) is 0 Å². The van der Waals surface area contributed by atoms with Crippen LogP contribution >= 0.6 is 0 Å². The van der Waals surface area contributed by atoms with Crippen molar-refractivity contribution < 1.29 is 38.6 Å². The molecule has 2 atom stereocenters. The van der Waals surface area contributed by atoms with Gasteiger partial charge in [-0.2, -0.15) is 0 Å². The number of fused-ring (bicyclic) bond motifs is 6. The second-order valence-electron chi connectivity index (χ2n) is 8.90. The number of hydrogen-bond acceptors (Lipinski definition) is 8. The molecule has 1 aliphatic heterocycles. The van der Waals surface area contributed by atoms with Crippen molar-refractivity contribution in [1.82, 2.24) is 0 Å². The molecule has 1 saturated heterocycles. The Morgan fingerprint density at radius 1 is 0.971 bits per heavy atom. The maximum absolute atomic E-state index is 13.3. The van der Waals surface area contributed by atoms with Gasteiger partial charge in [0.15, 0.2) is 17.2 Å². The van der Waals surface area contributed by atoms with Crippen molar-refractivity contribution in [2.75, 3.05) is 7.11 Å². The Kier molecular flexibility index (Phi) is 4.64. The zero-order valence-electron chi connectivity index (χ0n) is 18.6. The summed E-state index contributed by atoms with van der Waals surface area (Å²) in [6, 6.07) is 15.2. The number of hydrogen-bond donors (Lipinski definition) is 2. The molecular weight excluding hydrogens is 451 g/mol. The summed E-state index contributed by atoms with van der Waals surface area (Å²) in [7, 11) is 0.277. The van der Waals surface area contributed by atoms with E-state index in [9.17, 15) is 24.6 Å². The molecule has 0 amide bonds. The van der Waals surface area contributed by atoms with Crippen molar-refractivity contribution in [1.29, 1.82) is 0 Å². The van der Waals surface area contributed by atoms with Gasteiger partial charge in [-0.1, -0.05) is 54.6 Å². The van der Waals surface area contributed by atoms with Crippen LogP contribution < -0.4 is 5.46 Å². The van der Waals surface area contributed by atoms with Gasteiger partial charge in [0.1, 0.15) is 11.5 Å². The van der Waals surface area contributed by atoms with Crippen molar-refractivity contribution in [2.45, 2.75) is 24.5 Å². The van der Waals surface area contributed by atoms with E-state index >= 15 is 0 Å². The fraction of sp³-hybridized carbons (Fsp3) is 0.192. The number of benzene rings is 3. The molecule has 0 spiro atoms. The van der Waals surface area contributed by atoms with Crippen LogP contribution in [0.25, 0.3) is 0 Å². The summed E-state index contributed by atoms with van der Waals surface area (Å²) >= 11 is 0. The SMILES string of the molecule is COC(=O)[C@]12Cc3c(O)c4c(c(O)c3[C@H](C1)OB(c1ccccc1)O2)C(=O)c1ccccc1C4=O. The Morgan fingerprint density at radius 3 is 2.20 bits per heavy atom. The lowest BCUT2D eigenvalue weighted by Crippen LogP contribution is -2.59. The van der Waals surface area contributed by atoms with Gasteiger partial charge in [-0.25, -0.2) is 4.79 Å². The third-order valence-corrected chi connectivity index (χ3v) is 7.01. The van der Waals surface area contributed by atoms with Crippen molar-refractivity contribution in [3.63, 3.8) is 0 Å². The summed E-state index contributed by atoms with van der Waals surface area (Å²) in [5, 5.41) is 22.6. The summed E-state index contributed by atoms with van der Waals surface area (Å²) in [6.07, 6.45) is -1.08. The topological polar surface area (TPSA) is 119 Å². The first kappa shape index (κ1) is 21.6. The number of rotatable bonds is 2. The van der Waals surface area contributed by atoms with E-state index in [4.69, 9.17) is 14.0 Å². The van der Waals surface area contributed by atoms with Crippen LogP contribution in [0.2, 0.25) is 0 Å². The summed E-state index contributed by atoms with van der Waals surface area (Å²) in [6.45, 7) is 0. The normalized spacial score (nSPS) is 22.2. The molecule has 3 aliphatic rings. The number of phenols is 2. The van der Waals surface area contributed by atoms with E-state index in [1.165, 1.54) is 19.2 Å². The van der Waals surface area contributed by atoms with Crippen molar-refractivity contribution in [3.05, 3.63) is 88.0 Å². The Hall–Kier alpha value is -3.95. The van der Waals surface area contributed by atoms with Crippen LogP contribution in [0, 0.1) is 0 Å². The highest BCUT2D eigenvalue weighted by Crippen LogP contribution is 2.54. The minimum Gasteiger partial charge on any atom is -0.507 e. The second kappa shape index (κ2) is 7.53. The number of carbonyl (C=O) groups is 3. The first-order chi connectivity index (χ1) is 16.9. The molecule has 3 aromatic rings. The zero-order valence-corrected chi connectivity index (χ0v) is 18.6. The number of phenolic OH excluding ortho intramolecular Hbond substituents is 2. The molecule has 174 valence electrons. The first-order valence-electron chi connectivity index (χ1n) is 11.1. The van der Waals surface area contributed by atoms with Gasteiger partial charge in [-0.05, 0) is 5.46 Å². The third-order valence-electron chi connectivity index (χ3n) is 7.01. The molecule has 2 N–H and O–H groups in total. The van der Waals surface area contributed by atoms with Crippen molar-refractivity contribution >= 4 is 30.1 Å². The van der Waals surface area contributed by atoms with E-state index in [2.05, 4.69) is 0 Å². The molecular formula is C26H19BO8. The lowest BCUT2D eigenvalue weighted by molar-refractivity contribution is -0.170. The van der Waals surface area contributed by atoms with E-state index in [0.717, 1.165) is 0 Å². The maximum Gasteiger partial charge on any atom is 0.495 e. The molecule has 0 saturated carbocycles. The smallest absolute Gasteiger partial charge is 0.495 e. The minimum absolute atomic E-state index is 0.000513. The Balaban J connectivity index is 1.57. The largest absolute Gasteiger partial charge is 0.507 e. The summed E-state index contributed by atoms with van der Waals surface area (Å²) < 4.78 is 17.3. The molecule has 0 radical (unpaired) electrons. The molecule has 0 aromatic heterocycles. The molecule has 6 rings (SSSR count). The van der Waals surface area contributed by atoms with E-state index in [0.29, 0.717) is 5.46 Å². The fourth-order valence-electron chi connectivity index (χ4n) is 5.40. The van der Waals surface area contributed by atoms with Crippen LogP contribution in [-0.2, 0) is 25.3 Å². The van der Waals surface area contributed by atoms with Crippen molar-refractivity contribution in [2.24, 2.45) is 0 Å². The predicted octanol–water partition coefficient (Wildman–Crippen LogP) is 2.21. The maximum atomic E-state index is 13.3. The van der Waals surface area contributed by atoms with Crippen LogP contribution in [0.4, 0.5) is 0 Å². The monoisotopic (exact) mass is 470 g/mol. The molecule has 9 heteroatoms. The Morgan fingerprint density at radius 2 is 1.57 bits per heavy atom. The lowest BCUT2D eigenvalue weighted by atomic mass is 9.67. The van der Waals surface area contributed by atoms with Gasteiger partial charge in [0.05, 0.1) is 24.3 Å². The molecule has 1 fully saturated rings. The highest BCUT2D eigenvalue weighted by atomic mass is 16.6. The quantitative estimate of drug-likeness (QED) is 0.260. The Labute approximate surface area is 200 Å². The molecule has 0 unspecified atom stereocenters. The van der Waals surface area contributed by atoms with Crippen LogP contribution in [0.15, 0.2) is 54.6 Å². The number of ketones is 2. The van der Waals surface area contributed by atoms with E-state index in [-0.39, 0.29) is 46.2 Å². The van der Waals surface area contributed by atoms with Gasteiger partial charge in [0.2, 0.25) is 0 Å². The molecule has 35 heavy (non-hydrogen) atoms. The average Bonchev–Trinajstić information content (AvgIpc) is 2.88. The van der Waals surface area contributed by atoms with E-state index in [1.807, 2.05) is 6.07 Å². The second-order valence-corrected chi connectivity index (χ2v) is 8.90. The highest BCUT2D eigenvalue weighted by molar-refractivity contribution is 6.61. The van der Waals surface area contributed by atoms with E-state index < -0.39 is 47.9 Å². The molecule has 1 heterocycles. The minimum atomic E-state index is -1.52. The molecule has 3 aromatic carbocycles. The summed E-state index contributed by atoms with van der Waals surface area (Å²) in [5.74, 6) is -2.72. The van der Waals surface area contributed by atoms with E-state index in [1.54, 1.807) is 36.4 Å². The molecule has 8 nitrogen and oxygen atoms in total. The third kappa shape index (κ3) is 2.92. The Bertz CT molecular complexity index is 1430. The number of carbonyl (C=O) groups excluding carboxylic acids is 3. The summed E-state index contributed by atoms with van der Waals surface area (Å²) in [4.78, 5) is 39.6. The van der Waals surface area contributed by atoms with Crippen LogP contribution in [0.3, 0.4) is 0 Å². The lowest BCUT2D eigenvalue weighted by Gasteiger charge is -2.46. The van der Waals surface area contributed by atoms with Gasteiger partial charge >= 0.3 is 13.1 Å². The number of esters is 1. The zero-order chi connectivity index (χ0) is 24.5. The average molecular weight is 470 g/mol. The summed E-state index contributed by atoms with van der Waals surface area (Å²) in [5.41, 5.74) is -0.852. The van der Waals surface area contributed by atoms with Gasteiger partial charge < -0.3 is 24.3 Å².